The van der Waals surface area contributed by atoms with Crippen molar-refractivity contribution < 1.29 is 4.74 Å². The van der Waals surface area contributed by atoms with Crippen LogP contribution in [0.4, 0.5) is 5.69 Å². The molecule has 21 heavy (non-hydrogen) atoms. The maximum Gasteiger partial charge on any atom is 0.0721 e. The van der Waals surface area contributed by atoms with Gasteiger partial charge in [0.25, 0.3) is 0 Å². The largest absolute Gasteiger partial charge is 0.379 e. The van der Waals surface area contributed by atoms with Gasteiger partial charge in [-0.2, -0.15) is 0 Å². The van der Waals surface area contributed by atoms with Gasteiger partial charge in [0, 0.05) is 18.1 Å². The van der Waals surface area contributed by atoms with Crippen molar-refractivity contribution in [1.82, 2.24) is 0 Å². The molecule has 116 valence electrons. The number of para-hydroxylation sites is 1. The SMILES string of the molecule is CCOC1CC(Nc2c(Cl)cccc2Cl)C12CCCCC2. The van der Waals surface area contributed by atoms with E-state index in [1.54, 1.807) is 0 Å². The number of nitrogens with one attached hydrogen (secondary N) is 1. The summed E-state index contributed by atoms with van der Waals surface area (Å²) >= 11 is 12.6. The molecule has 0 saturated heterocycles. The van der Waals surface area contributed by atoms with E-state index in [4.69, 9.17) is 27.9 Å². The van der Waals surface area contributed by atoms with E-state index < -0.39 is 0 Å². The highest BCUT2D eigenvalue weighted by Gasteiger charge is 2.55. The first kappa shape index (κ1) is 15.5. The Kier molecular flexibility index (Phi) is 4.68. The molecule has 0 heterocycles. The molecule has 0 amide bonds. The van der Waals surface area contributed by atoms with E-state index in [1.165, 1.54) is 32.1 Å². The lowest BCUT2D eigenvalue weighted by molar-refractivity contribution is -0.134. The third-order valence-electron chi connectivity index (χ3n) is 5.22. The van der Waals surface area contributed by atoms with E-state index in [0.717, 1.165) is 18.7 Å². The summed E-state index contributed by atoms with van der Waals surface area (Å²) in [6.45, 7) is 2.88. The molecule has 0 aromatic heterocycles. The van der Waals surface area contributed by atoms with Gasteiger partial charge in [-0.15, -0.1) is 0 Å². The van der Waals surface area contributed by atoms with Crippen molar-refractivity contribution in [1.29, 1.82) is 0 Å². The Morgan fingerprint density at radius 3 is 2.48 bits per heavy atom. The Hall–Kier alpha value is -0.440. The first-order valence-electron chi connectivity index (χ1n) is 7.99. The molecule has 3 rings (SSSR count). The second-order valence-electron chi connectivity index (χ2n) is 6.27. The first-order chi connectivity index (χ1) is 10.2. The molecular formula is C17H23Cl2NO. The molecule has 1 aromatic carbocycles. The van der Waals surface area contributed by atoms with Crippen LogP contribution in [0.2, 0.25) is 10.0 Å². The van der Waals surface area contributed by atoms with E-state index in [2.05, 4.69) is 12.2 Å². The van der Waals surface area contributed by atoms with E-state index >= 15 is 0 Å². The molecule has 1 aromatic rings. The Balaban J connectivity index is 1.79. The third-order valence-corrected chi connectivity index (χ3v) is 5.85. The van der Waals surface area contributed by atoms with Gasteiger partial charge in [0.05, 0.1) is 21.8 Å². The molecule has 4 heteroatoms. The van der Waals surface area contributed by atoms with Gasteiger partial charge < -0.3 is 10.1 Å². The van der Waals surface area contributed by atoms with E-state index in [0.29, 0.717) is 22.2 Å². The lowest BCUT2D eigenvalue weighted by Gasteiger charge is -2.58. The molecule has 2 atom stereocenters. The van der Waals surface area contributed by atoms with Crippen LogP contribution in [0, 0.1) is 5.41 Å². The van der Waals surface area contributed by atoms with Gasteiger partial charge in [0.2, 0.25) is 0 Å². The molecule has 1 spiro atoms. The van der Waals surface area contributed by atoms with Crippen molar-refractivity contribution in [3.63, 3.8) is 0 Å². The monoisotopic (exact) mass is 327 g/mol. The lowest BCUT2D eigenvalue weighted by atomic mass is 9.55. The van der Waals surface area contributed by atoms with Gasteiger partial charge in [-0.25, -0.2) is 0 Å². The molecular weight excluding hydrogens is 305 g/mol. The molecule has 0 aliphatic heterocycles. The van der Waals surface area contributed by atoms with Crippen molar-refractivity contribution in [2.24, 2.45) is 5.41 Å². The average molecular weight is 328 g/mol. The molecule has 2 saturated carbocycles. The Morgan fingerprint density at radius 2 is 1.86 bits per heavy atom. The van der Waals surface area contributed by atoms with Crippen molar-refractivity contribution in [2.45, 2.75) is 57.6 Å². The Morgan fingerprint density at radius 1 is 1.19 bits per heavy atom. The standard InChI is InChI=1S/C17H23Cl2NO/c1-2-21-15-11-14(17(15)9-4-3-5-10-17)20-16-12(18)7-6-8-13(16)19/h6-8,14-15,20H,2-5,9-11H2,1H3. The molecule has 2 nitrogen and oxygen atoms in total. The van der Waals surface area contributed by atoms with Gasteiger partial charge in [-0.1, -0.05) is 48.5 Å². The summed E-state index contributed by atoms with van der Waals surface area (Å²) < 4.78 is 5.99. The summed E-state index contributed by atoms with van der Waals surface area (Å²) in [5.74, 6) is 0. The normalized spacial score (nSPS) is 27.4. The van der Waals surface area contributed by atoms with Gasteiger partial charge in [-0.3, -0.25) is 0 Å². The predicted octanol–water partition coefficient (Wildman–Crippen LogP) is 5.53. The van der Waals surface area contributed by atoms with Crippen molar-refractivity contribution in [2.75, 3.05) is 11.9 Å². The molecule has 0 radical (unpaired) electrons. The number of halogens is 2. The second-order valence-corrected chi connectivity index (χ2v) is 7.08. The third kappa shape index (κ3) is 2.78. The minimum Gasteiger partial charge on any atom is -0.379 e. The van der Waals surface area contributed by atoms with Crippen molar-refractivity contribution >= 4 is 28.9 Å². The maximum atomic E-state index is 6.30. The predicted molar refractivity (Wildman–Crippen MR) is 89.4 cm³/mol. The number of rotatable bonds is 4. The summed E-state index contributed by atoms with van der Waals surface area (Å²) in [7, 11) is 0. The number of benzene rings is 1. The fourth-order valence-electron chi connectivity index (χ4n) is 4.08. The Bertz CT molecular complexity index is 479. The minimum absolute atomic E-state index is 0.275. The number of hydrogen-bond acceptors (Lipinski definition) is 2. The highest BCUT2D eigenvalue weighted by Crippen LogP contribution is 2.54. The number of ether oxygens (including phenoxy) is 1. The van der Waals surface area contributed by atoms with Crippen LogP contribution in [0.1, 0.15) is 45.4 Å². The highest BCUT2D eigenvalue weighted by molar-refractivity contribution is 6.39. The smallest absolute Gasteiger partial charge is 0.0721 e. The first-order valence-corrected chi connectivity index (χ1v) is 8.75. The molecule has 0 bridgehead atoms. The molecule has 2 aliphatic rings. The van der Waals surface area contributed by atoms with Crippen LogP contribution in [-0.4, -0.2) is 18.8 Å². The number of anilines is 1. The zero-order valence-electron chi connectivity index (χ0n) is 12.5. The zero-order chi connectivity index (χ0) is 14.9. The van der Waals surface area contributed by atoms with Crippen LogP contribution in [-0.2, 0) is 4.74 Å². The highest BCUT2D eigenvalue weighted by atomic mass is 35.5. The molecule has 2 aliphatic carbocycles. The van der Waals surface area contributed by atoms with Crippen LogP contribution in [0.5, 0.6) is 0 Å². The summed E-state index contributed by atoms with van der Waals surface area (Å²) in [5, 5.41) is 5.02. The summed E-state index contributed by atoms with van der Waals surface area (Å²) in [6.07, 6.45) is 7.89. The maximum absolute atomic E-state index is 6.30. The van der Waals surface area contributed by atoms with Gasteiger partial charge in [-0.05, 0) is 38.3 Å². The molecule has 1 N–H and O–H groups in total. The van der Waals surface area contributed by atoms with E-state index in [-0.39, 0.29) is 5.41 Å². The quantitative estimate of drug-likeness (QED) is 0.784. The van der Waals surface area contributed by atoms with Gasteiger partial charge >= 0.3 is 0 Å². The van der Waals surface area contributed by atoms with Gasteiger partial charge in [0.15, 0.2) is 0 Å². The summed E-state index contributed by atoms with van der Waals surface area (Å²) in [4.78, 5) is 0. The van der Waals surface area contributed by atoms with Crippen LogP contribution < -0.4 is 5.32 Å². The fourth-order valence-corrected chi connectivity index (χ4v) is 4.58. The van der Waals surface area contributed by atoms with E-state index in [1.807, 2.05) is 18.2 Å². The fraction of sp³-hybridized carbons (Fsp3) is 0.647. The number of hydrogen-bond donors (Lipinski definition) is 1. The average Bonchev–Trinajstić information content (AvgIpc) is 2.50. The summed E-state index contributed by atoms with van der Waals surface area (Å²) in [5.41, 5.74) is 1.15. The van der Waals surface area contributed by atoms with E-state index in [9.17, 15) is 0 Å². The zero-order valence-corrected chi connectivity index (χ0v) is 14.0. The molecule has 2 unspecified atom stereocenters. The lowest BCUT2D eigenvalue weighted by Crippen LogP contribution is -2.62. The van der Waals surface area contributed by atoms with Crippen molar-refractivity contribution in [3.8, 4) is 0 Å². The summed E-state index contributed by atoms with van der Waals surface area (Å²) in [6, 6.07) is 6.09. The topological polar surface area (TPSA) is 21.3 Å². The van der Waals surface area contributed by atoms with Crippen LogP contribution in [0.3, 0.4) is 0 Å². The van der Waals surface area contributed by atoms with Crippen LogP contribution >= 0.6 is 23.2 Å². The van der Waals surface area contributed by atoms with Crippen LogP contribution in [0.15, 0.2) is 18.2 Å². The minimum atomic E-state index is 0.275. The van der Waals surface area contributed by atoms with Crippen LogP contribution in [0.25, 0.3) is 0 Å². The Labute approximate surface area is 137 Å². The second kappa shape index (κ2) is 6.36. The van der Waals surface area contributed by atoms with Gasteiger partial charge in [0.1, 0.15) is 0 Å². The molecule has 2 fully saturated rings. The van der Waals surface area contributed by atoms with Crippen molar-refractivity contribution in [3.05, 3.63) is 28.2 Å².